The first-order chi connectivity index (χ1) is 9.61. The molecule has 0 amide bonds. The number of hydrogen-bond acceptors (Lipinski definition) is 3. The number of unbranched alkanes of at least 4 members (excludes halogenated alkanes) is 2. The Morgan fingerprint density at radius 2 is 2.05 bits per heavy atom. The van der Waals surface area contributed by atoms with Gasteiger partial charge in [0.1, 0.15) is 0 Å². The van der Waals surface area contributed by atoms with Crippen LogP contribution in [0.25, 0.3) is 0 Å². The zero-order valence-corrected chi connectivity index (χ0v) is 13.7. The Kier molecular flexibility index (Phi) is 8.47. The van der Waals surface area contributed by atoms with E-state index in [1.165, 1.54) is 24.8 Å². The average Bonchev–Trinajstić information content (AvgIpc) is 2.41. The molecular formula is C17H31N3. The van der Waals surface area contributed by atoms with Gasteiger partial charge in [0.15, 0.2) is 0 Å². The first-order valence-electron chi connectivity index (χ1n) is 7.95. The lowest BCUT2D eigenvalue weighted by atomic mass is 10.2. The van der Waals surface area contributed by atoms with Crippen LogP contribution in [0, 0.1) is 5.92 Å². The topological polar surface area (TPSA) is 28.2 Å². The average molecular weight is 277 g/mol. The molecule has 1 aromatic heterocycles. The molecule has 20 heavy (non-hydrogen) atoms. The molecule has 1 N–H and O–H groups in total. The SMILES string of the molecule is CCCCCN(C)Cc1ccc(CNCC(C)C)cn1. The van der Waals surface area contributed by atoms with Gasteiger partial charge in [0, 0.05) is 19.3 Å². The monoisotopic (exact) mass is 277 g/mol. The van der Waals surface area contributed by atoms with Crippen molar-refractivity contribution in [2.75, 3.05) is 20.1 Å². The van der Waals surface area contributed by atoms with Gasteiger partial charge in [0.05, 0.1) is 5.69 Å². The van der Waals surface area contributed by atoms with Crippen molar-refractivity contribution in [1.29, 1.82) is 0 Å². The predicted molar refractivity (Wildman–Crippen MR) is 86.6 cm³/mol. The summed E-state index contributed by atoms with van der Waals surface area (Å²) in [6, 6.07) is 4.35. The fourth-order valence-corrected chi connectivity index (χ4v) is 2.15. The smallest absolute Gasteiger partial charge is 0.0544 e. The molecule has 3 nitrogen and oxygen atoms in total. The zero-order valence-electron chi connectivity index (χ0n) is 13.7. The van der Waals surface area contributed by atoms with Gasteiger partial charge in [-0.3, -0.25) is 4.98 Å². The highest BCUT2D eigenvalue weighted by atomic mass is 15.1. The van der Waals surface area contributed by atoms with Gasteiger partial charge in [-0.25, -0.2) is 0 Å². The van der Waals surface area contributed by atoms with Crippen LogP contribution in [0.1, 0.15) is 51.3 Å². The highest BCUT2D eigenvalue weighted by Crippen LogP contribution is 2.05. The van der Waals surface area contributed by atoms with Gasteiger partial charge < -0.3 is 10.2 Å². The number of nitrogens with one attached hydrogen (secondary N) is 1. The predicted octanol–water partition coefficient (Wildman–Crippen LogP) is 3.45. The second kappa shape index (κ2) is 9.89. The molecule has 0 bridgehead atoms. The van der Waals surface area contributed by atoms with Crippen LogP contribution in [0.2, 0.25) is 0 Å². The molecule has 0 aliphatic carbocycles. The van der Waals surface area contributed by atoms with E-state index in [0.29, 0.717) is 5.92 Å². The van der Waals surface area contributed by atoms with E-state index < -0.39 is 0 Å². The van der Waals surface area contributed by atoms with E-state index in [4.69, 9.17) is 0 Å². The number of pyridine rings is 1. The number of hydrogen-bond donors (Lipinski definition) is 1. The lowest BCUT2D eigenvalue weighted by Gasteiger charge is -2.16. The molecule has 1 rings (SSSR count). The molecule has 0 saturated carbocycles. The van der Waals surface area contributed by atoms with Gasteiger partial charge in [-0.15, -0.1) is 0 Å². The van der Waals surface area contributed by atoms with Crippen LogP contribution in [0.5, 0.6) is 0 Å². The lowest BCUT2D eigenvalue weighted by molar-refractivity contribution is 0.314. The normalized spacial score (nSPS) is 11.5. The van der Waals surface area contributed by atoms with Crippen molar-refractivity contribution in [1.82, 2.24) is 15.2 Å². The number of aromatic nitrogens is 1. The molecule has 0 fully saturated rings. The summed E-state index contributed by atoms with van der Waals surface area (Å²) in [5, 5.41) is 3.45. The van der Waals surface area contributed by atoms with Gasteiger partial charge in [-0.2, -0.15) is 0 Å². The Hall–Kier alpha value is -0.930. The van der Waals surface area contributed by atoms with E-state index in [1.807, 2.05) is 6.20 Å². The lowest BCUT2D eigenvalue weighted by Crippen LogP contribution is -2.20. The molecule has 0 aliphatic rings. The maximum atomic E-state index is 4.56. The Morgan fingerprint density at radius 3 is 2.65 bits per heavy atom. The van der Waals surface area contributed by atoms with Crippen LogP contribution in [-0.2, 0) is 13.1 Å². The Bertz CT molecular complexity index is 346. The summed E-state index contributed by atoms with van der Waals surface area (Å²) < 4.78 is 0. The van der Waals surface area contributed by atoms with Gasteiger partial charge in [-0.05, 0) is 44.1 Å². The van der Waals surface area contributed by atoms with Crippen LogP contribution < -0.4 is 5.32 Å². The molecule has 1 heterocycles. The van der Waals surface area contributed by atoms with Gasteiger partial charge in [0.25, 0.3) is 0 Å². The fourth-order valence-electron chi connectivity index (χ4n) is 2.15. The minimum Gasteiger partial charge on any atom is -0.312 e. The van der Waals surface area contributed by atoms with Gasteiger partial charge >= 0.3 is 0 Å². The van der Waals surface area contributed by atoms with Crippen LogP contribution in [-0.4, -0.2) is 30.0 Å². The summed E-state index contributed by atoms with van der Waals surface area (Å²) in [7, 11) is 2.18. The van der Waals surface area contributed by atoms with Crippen molar-refractivity contribution < 1.29 is 0 Å². The Balaban J connectivity index is 2.30. The second-order valence-electron chi connectivity index (χ2n) is 6.13. The van der Waals surface area contributed by atoms with Gasteiger partial charge in [0.2, 0.25) is 0 Å². The maximum Gasteiger partial charge on any atom is 0.0544 e. The van der Waals surface area contributed by atoms with Crippen LogP contribution in [0.4, 0.5) is 0 Å². The fraction of sp³-hybridized carbons (Fsp3) is 0.706. The largest absolute Gasteiger partial charge is 0.312 e. The van der Waals surface area contributed by atoms with Crippen molar-refractivity contribution in [3.63, 3.8) is 0 Å². The minimum atomic E-state index is 0.694. The van der Waals surface area contributed by atoms with E-state index >= 15 is 0 Å². The summed E-state index contributed by atoms with van der Waals surface area (Å²) >= 11 is 0. The van der Waals surface area contributed by atoms with Crippen molar-refractivity contribution in [3.05, 3.63) is 29.6 Å². The standard InChI is InChI=1S/C17H31N3/c1-5-6-7-10-20(4)14-17-9-8-16(13-19-17)12-18-11-15(2)3/h8-9,13,15,18H,5-7,10-12,14H2,1-4H3. The first kappa shape index (κ1) is 17.1. The summed E-state index contributed by atoms with van der Waals surface area (Å²) in [6.45, 7) is 10.8. The van der Waals surface area contributed by atoms with Crippen LogP contribution in [0.15, 0.2) is 18.3 Å². The zero-order chi connectivity index (χ0) is 14.8. The van der Waals surface area contributed by atoms with Crippen LogP contribution >= 0.6 is 0 Å². The Morgan fingerprint density at radius 1 is 1.25 bits per heavy atom. The van der Waals surface area contributed by atoms with Crippen molar-refractivity contribution in [3.8, 4) is 0 Å². The van der Waals surface area contributed by atoms with Crippen molar-refractivity contribution >= 4 is 0 Å². The minimum absolute atomic E-state index is 0.694. The highest BCUT2D eigenvalue weighted by molar-refractivity contribution is 5.13. The number of rotatable bonds is 10. The third-order valence-corrected chi connectivity index (χ3v) is 3.34. The third kappa shape index (κ3) is 7.61. The molecule has 0 aromatic carbocycles. The molecule has 0 atom stereocenters. The van der Waals surface area contributed by atoms with Crippen molar-refractivity contribution in [2.24, 2.45) is 5.92 Å². The van der Waals surface area contributed by atoms with E-state index in [-0.39, 0.29) is 0 Å². The molecule has 114 valence electrons. The van der Waals surface area contributed by atoms with E-state index in [2.05, 4.69) is 55.2 Å². The summed E-state index contributed by atoms with van der Waals surface area (Å²) in [6.07, 6.45) is 5.88. The van der Waals surface area contributed by atoms with Crippen molar-refractivity contribution in [2.45, 2.75) is 53.1 Å². The van der Waals surface area contributed by atoms with E-state index in [0.717, 1.165) is 31.9 Å². The summed E-state index contributed by atoms with van der Waals surface area (Å²) in [4.78, 5) is 6.92. The number of nitrogens with zero attached hydrogens (tertiary/aromatic N) is 2. The highest BCUT2D eigenvalue weighted by Gasteiger charge is 2.02. The van der Waals surface area contributed by atoms with E-state index in [1.54, 1.807) is 0 Å². The molecular weight excluding hydrogens is 246 g/mol. The first-order valence-corrected chi connectivity index (χ1v) is 7.95. The molecule has 0 saturated heterocycles. The molecule has 0 radical (unpaired) electrons. The summed E-state index contributed by atoms with van der Waals surface area (Å²) in [5.41, 5.74) is 2.43. The quantitative estimate of drug-likeness (QED) is 0.664. The third-order valence-electron chi connectivity index (χ3n) is 3.34. The summed E-state index contributed by atoms with van der Waals surface area (Å²) in [5.74, 6) is 0.694. The van der Waals surface area contributed by atoms with E-state index in [9.17, 15) is 0 Å². The maximum absolute atomic E-state index is 4.56. The Labute approximate surface area is 124 Å². The molecule has 0 unspecified atom stereocenters. The second-order valence-corrected chi connectivity index (χ2v) is 6.13. The molecule has 0 aliphatic heterocycles. The molecule has 0 spiro atoms. The molecule has 1 aromatic rings. The van der Waals surface area contributed by atoms with Gasteiger partial charge in [-0.1, -0.05) is 39.7 Å². The van der Waals surface area contributed by atoms with Crippen LogP contribution in [0.3, 0.4) is 0 Å². The molecule has 3 heteroatoms.